The maximum atomic E-state index is 4.95. The standard InChI is InChI=1S/C62H48N2/c1-5-19-59(63-43(3)45-21-11-7-12-22-45)49-33-29-47(30-34-49)53-37-39-55-57(41-53)61(51-25-15-9-16-26-51)56-40-38-54(42-58(56)62(55)52-27-17-10-18-28-52)48-31-35-50(36-32-48)60(20-6-2)64-44(4)46-23-13-8-14-24-46/h5-42H,3-4H2,1-2H3/b19-5-,20-6-,63-59?,64-60?. The van der Waals surface area contributed by atoms with Gasteiger partial charge in [0.1, 0.15) is 0 Å². The third kappa shape index (κ3) is 8.63. The second-order valence-corrected chi connectivity index (χ2v) is 15.8. The molecule has 0 aliphatic heterocycles. The Bertz CT molecular complexity index is 3020. The maximum Gasteiger partial charge on any atom is 0.0705 e. The molecular weight excluding hydrogens is 773 g/mol. The van der Waals surface area contributed by atoms with E-state index in [0.717, 1.165) is 67.3 Å². The summed E-state index contributed by atoms with van der Waals surface area (Å²) in [6.07, 6.45) is 8.14. The predicted octanol–water partition coefficient (Wildman–Crippen LogP) is 16.7. The molecular formula is C62H48N2. The highest BCUT2D eigenvalue weighted by Crippen LogP contribution is 2.46. The van der Waals surface area contributed by atoms with Crippen LogP contribution in [0.4, 0.5) is 0 Å². The molecule has 0 aliphatic rings. The fourth-order valence-corrected chi connectivity index (χ4v) is 8.48. The molecule has 9 rings (SSSR count). The number of benzene rings is 9. The van der Waals surface area contributed by atoms with E-state index in [0.29, 0.717) is 0 Å². The van der Waals surface area contributed by atoms with Crippen LogP contribution in [0.5, 0.6) is 0 Å². The average Bonchev–Trinajstić information content (AvgIpc) is 3.36. The average molecular weight is 821 g/mol. The van der Waals surface area contributed by atoms with Gasteiger partial charge in [0, 0.05) is 11.1 Å². The first-order valence-electron chi connectivity index (χ1n) is 21.8. The van der Waals surface area contributed by atoms with Crippen molar-refractivity contribution in [2.24, 2.45) is 9.98 Å². The van der Waals surface area contributed by atoms with Gasteiger partial charge in [-0.3, -0.25) is 0 Å². The van der Waals surface area contributed by atoms with E-state index >= 15 is 0 Å². The maximum absolute atomic E-state index is 4.95. The quantitative estimate of drug-likeness (QED) is 0.0866. The van der Waals surface area contributed by atoms with Crippen LogP contribution in [0.2, 0.25) is 0 Å². The van der Waals surface area contributed by atoms with Crippen molar-refractivity contribution in [2.45, 2.75) is 13.8 Å². The lowest BCUT2D eigenvalue weighted by Gasteiger charge is -2.20. The Morgan fingerprint density at radius 3 is 1.00 bits per heavy atom. The number of allylic oxidation sites excluding steroid dienone is 4. The number of hydrogen-bond acceptors (Lipinski definition) is 2. The Morgan fingerprint density at radius 2 is 0.656 bits per heavy atom. The predicted molar refractivity (Wildman–Crippen MR) is 277 cm³/mol. The highest BCUT2D eigenvalue weighted by molar-refractivity contribution is 6.22. The number of aliphatic imine (C=N–C) groups is 2. The van der Waals surface area contributed by atoms with Crippen molar-refractivity contribution < 1.29 is 0 Å². The first-order chi connectivity index (χ1) is 31.5. The van der Waals surface area contributed by atoms with Crippen molar-refractivity contribution in [3.8, 4) is 44.5 Å². The third-order valence-corrected chi connectivity index (χ3v) is 11.6. The van der Waals surface area contributed by atoms with Crippen molar-refractivity contribution in [2.75, 3.05) is 0 Å². The van der Waals surface area contributed by atoms with Gasteiger partial charge in [0.25, 0.3) is 0 Å². The molecule has 0 saturated heterocycles. The van der Waals surface area contributed by atoms with Crippen LogP contribution in [-0.4, -0.2) is 11.4 Å². The molecule has 0 radical (unpaired) electrons. The summed E-state index contributed by atoms with van der Waals surface area (Å²) >= 11 is 0. The summed E-state index contributed by atoms with van der Waals surface area (Å²) in [6, 6.07) is 73.2. The van der Waals surface area contributed by atoms with E-state index in [1.165, 1.54) is 43.8 Å². The van der Waals surface area contributed by atoms with Gasteiger partial charge in [-0.1, -0.05) is 219 Å². The molecule has 0 bridgehead atoms. The van der Waals surface area contributed by atoms with Gasteiger partial charge in [-0.15, -0.1) is 0 Å². The number of nitrogens with zero attached hydrogens (tertiary/aromatic N) is 2. The second-order valence-electron chi connectivity index (χ2n) is 15.8. The van der Waals surface area contributed by atoms with Crippen LogP contribution in [0.1, 0.15) is 36.1 Å². The highest BCUT2D eigenvalue weighted by atomic mass is 14.8. The minimum Gasteiger partial charge on any atom is -0.248 e. The second kappa shape index (κ2) is 18.8. The summed E-state index contributed by atoms with van der Waals surface area (Å²) in [5.41, 5.74) is 16.7. The summed E-state index contributed by atoms with van der Waals surface area (Å²) in [5.74, 6) is 0. The lowest BCUT2D eigenvalue weighted by molar-refractivity contribution is 1.50. The van der Waals surface area contributed by atoms with E-state index in [-0.39, 0.29) is 0 Å². The molecule has 0 unspecified atom stereocenters. The van der Waals surface area contributed by atoms with Gasteiger partial charge in [-0.2, -0.15) is 0 Å². The molecule has 64 heavy (non-hydrogen) atoms. The van der Waals surface area contributed by atoms with E-state index < -0.39 is 0 Å². The molecule has 0 saturated carbocycles. The minimum absolute atomic E-state index is 0.734. The van der Waals surface area contributed by atoms with E-state index in [4.69, 9.17) is 9.98 Å². The zero-order chi connectivity index (χ0) is 43.8. The summed E-state index contributed by atoms with van der Waals surface area (Å²) in [6.45, 7) is 12.6. The SMILES string of the molecule is C=C(N=C(/C=C\C)c1ccc(-c2ccc3c(-c4ccccc4)c4cc(-c5ccc(C(/C=C\C)=NC(=C)c6ccccc6)cc5)ccc4c(-c4ccccc4)c3c2)cc1)c1ccccc1. The van der Waals surface area contributed by atoms with E-state index in [9.17, 15) is 0 Å². The first-order valence-corrected chi connectivity index (χ1v) is 21.8. The van der Waals surface area contributed by atoms with E-state index in [1.807, 2.05) is 98.8 Å². The Hall–Kier alpha value is -8.20. The highest BCUT2D eigenvalue weighted by Gasteiger charge is 2.19. The number of hydrogen-bond donors (Lipinski definition) is 0. The molecule has 0 aromatic heterocycles. The monoisotopic (exact) mass is 820 g/mol. The molecule has 0 fully saturated rings. The van der Waals surface area contributed by atoms with Gasteiger partial charge in [-0.25, -0.2) is 9.98 Å². The van der Waals surface area contributed by atoms with Gasteiger partial charge in [0.05, 0.1) is 22.8 Å². The molecule has 0 aliphatic carbocycles. The largest absolute Gasteiger partial charge is 0.248 e. The Morgan fingerprint density at radius 1 is 0.328 bits per heavy atom. The molecule has 9 aromatic rings. The molecule has 2 nitrogen and oxygen atoms in total. The Labute approximate surface area is 377 Å². The van der Waals surface area contributed by atoms with Crippen LogP contribution in [0.25, 0.3) is 77.4 Å². The van der Waals surface area contributed by atoms with Crippen molar-refractivity contribution in [3.05, 3.63) is 266 Å². The van der Waals surface area contributed by atoms with E-state index in [2.05, 4.69) is 159 Å². The van der Waals surface area contributed by atoms with Crippen molar-refractivity contribution in [3.63, 3.8) is 0 Å². The summed E-state index contributed by atoms with van der Waals surface area (Å²) < 4.78 is 0. The minimum atomic E-state index is 0.734. The summed E-state index contributed by atoms with van der Waals surface area (Å²) in [4.78, 5) is 9.90. The van der Waals surface area contributed by atoms with Gasteiger partial charge < -0.3 is 0 Å². The fraction of sp³-hybridized carbons (Fsp3) is 0.0323. The Balaban J connectivity index is 1.16. The normalized spacial score (nSPS) is 12.1. The molecule has 0 spiro atoms. The fourth-order valence-electron chi connectivity index (χ4n) is 8.48. The van der Waals surface area contributed by atoms with Crippen LogP contribution in [0, 0.1) is 0 Å². The van der Waals surface area contributed by atoms with Gasteiger partial charge in [0.2, 0.25) is 0 Å². The summed E-state index contributed by atoms with van der Waals surface area (Å²) in [5, 5.41) is 4.83. The van der Waals surface area contributed by atoms with E-state index in [1.54, 1.807) is 0 Å². The molecule has 0 atom stereocenters. The van der Waals surface area contributed by atoms with Gasteiger partial charge >= 0.3 is 0 Å². The van der Waals surface area contributed by atoms with Crippen molar-refractivity contribution in [1.29, 1.82) is 0 Å². The molecule has 0 heterocycles. The zero-order valence-corrected chi connectivity index (χ0v) is 36.2. The molecule has 9 aromatic carbocycles. The first kappa shape index (κ1) is 41.2. The lowest BCUT2D eigenvalue weighted by Crippen LogP contribution is -1.98. The van der Waals surface area contributed by atoms with Crippen LogP contribution < -0.4 is 0 Å². The van der Waals surface area contributed by atoms with Gasteiger partial charge in [0.15, 0.2) is 0 Å². The molecule has 306 valence electrons. The molecule has 0 N–H and O–H groups in total. The topological polar surface area (TPSA) is 24.7 Å². The van der Waals surface area contributed by atoms with Crippen molar-refractivity contribution >= 4 is 44.4 Å². The Kier molecular flexibility index (Phi) is 12.1. The van der Waals surface area contributed by atoms with Crippen LogP contribution in [0.3, 0.4) is 0 Å². The summed E-state index contributed by atoms with van der Waals surface area (Å²) in [7, 11) is 0. The van der Waals surface area contributed by atoms with Crippen LogP contribution in [-0.2, 0) is 0 Å². The number of fused-ring (bicyclic) bond motifs is 2. The van der Waals surface area contributed by atoms with Crippen molar-refractivity contribution in [1.82, 2.24) is 0 Å². The lowest BCUT2D eigenvalue weighted by atomic mass is 9.84. The molecule has 2 heteroatoms. The van der Waals surface area contributed by atoms with Crippen LogP contribution in [0.15, 0.2) is 254 Å². The zero-order valence-electron chi connectivity index (χ0n) is 36.2. The number of rotatable bonds is 12. The smallest absolute Gasteiger partial charge is 0.0705 e. The van der Waals surface area contributed by atoms with Gasteiger partial charge in [-0.05, 0) is 115 Å². The molecule has 0 amide bonds. The van der Waals surface area contributed by atoms with Crippen LogP contribution >= 0.6 is 0 Å². The third-order valence-electron chi connectivity index (χ3n) is 11.6.